The number of nitrogens with one attached hydrogen (secondary N) is 1. The van der Waals surface area contributed by atoms with Crippen LogP contribution in [0.25, 0.3) is 0 Å². The van der Waals surface area contributed by atoms with Crippen molar-refractivity contribution in [2.75, 3.05) is 18.6 Å². The molecule has 0 aliphatic carbocycles. The summed E-state index contributed by atoms with van der Waals surface area (Å²) in [4.78, 5) is 27.2. The molecule has 0 fully saturated rings. The van der Waals surface area contributed by atoms with Crippen molar-refractivity contribution < 1.29 is 14.3 Å². The highest BCUT2D eigenvalue weighted by molar-refractivity contribution is 9.10. The SMILES string of the molecule is CCN1C(=O)[C@@H](C(=O)NC(C)(C)C)CCc2cc(Br)c(OC)cc21. The van der Waals surface area contributed by atoms with Crippen molar-refractivity contribution in [1.82, 2.24) is 5.32 Å². The standard InChI is InChI=1S/C18H25BrN2O3/c1-6-21-14-10-15(24-5)13(19)9-11(14)7-8-12(17(21)23)16(22)20-18(2,3)4/h9-10,12H,6-8H2,1-5H3,(H,20,22)/t12-/m1/s1. The molecular weight excluding hydrogens is 372 g/mol. The maximum atomic E-state index is 13.0. The van der Waals surface area contributed by atoms with Gasteiger partial charge in [-0.3, -0.25) is 9.59 Å². The maximum Gasteiger partial charge on any atom is 0.239 e. The topological polar surface area (TPSA) is 58.6 Å². The molecule has 1 aromatic carbocycles. The van der Waals surface area contributed by atoms with Crippen LogP contribution in [0.1, 0.15) is 39.7 Å². The summed E-state index contributed by atoms with van der Waals surface area (Å²) >= 11 is 3.49. The van der Waals surface area contributed by atoms with E-state index in [0.29, 0.717) is 25.1 Å². The molecule has 0 unspecified atom stereocenters. The molecular formula is C18H25BrN2O3. The summed E-state index contributed by atoms with van der Waals surface area (Å²) in [6.45, 7) is 8.18. The molecule has 1 aliphatic rings. The zero-order valence-corrected chi connectivity index (χ0v) is 16.5. The largest absolute Gasteiger partial charge is 0.495 e. The second-order valence-corrected chi connectivity index (χ2v) is 7.88. The molecule has 1 aliphatic heterocycles. The van der Waals surface area contributed by atoms with Gasteiger partial charge in [0, 0.05) is 18.2 Å². The fourth-order valence-corrected chi connectivity index (χ4v) is 3.50. The van der Waals surface area contributed by atoms with Gasteiger partial charge in [0.1, 0.15) is 11.7 Å². The number of methoxy groups -OCH3 is 1. The second kappa shape index (κ2) is 7.13. The number of rotatable bonds is 3. The van der Waals surface area contributed by atoms with Crippen molar-refractivity contribution in [3.05, 3.63) is 22.2 Å². The summed E-state index contributed by atoms with van der Waals surface area (Å²) in [7, 11) is 1.60. The molecule has 24 heavy (non-hydrogen) atoms. The lowest BCUT2D eigenvalue weighted by molar-refractivity contribution is -0.134. The van der Waals surface area contributed by atoms with E-state index in [9.17, 15) is 9.59 Å². The molecule has 1 aromatic rings. The van der Waals surface area contributed by atoms with Crippen molar-refractivity contribution >= 4 is 33.4 Å². The molecule has 0 aromatic heterocycles. The van der Waals surface area contributed by atoms with Crippen molar-refractivity contribution in [3.63, 3.8) is 0 Å². The number of halogens is 1. The monoisotopic (exact) mass is 396 g/mol. The molecule has 132 valence electrons. The Bertz CT molecular complexity index is 652. The third-order valence-electron chi connectivity index (χ3n) is 4.04. The van der Waals surface area contributed by atoms with Gasteiger partial charge in [0.2, 0.25) is 11.8 Å². The van der Waals surface area contributed by atoms with Crippen LogP contribution >= 0.6 is 15.9 Å². The van der Waals surface area contributed by atoms with Crippen LogP contribution in [0.3, 0.4) is 0 Å². The minimum atomic E-state index is -0.665. The van der Waals surface area contributed by atoms with Crippen LogP contribution in [0, 0.1) is 5.92 Å². The van der Waals surface area contributed by atoms with E-state index in [0.717, 1.165) is 15.7 Å². The Morgan fingerprint density at radius 3 is 2.62 bits per heavy atom. The highest BCUT2D eigenvalue weighted by atomic mass is 79.9. The van der Waals surface area contributed by atoms with Crippen LogP contribution in [0.4, 0.5) is 5.69 Å². The van der Waals surface area contributed by atoms with E-state index in [4.69, 9.17) is 4.74 Å². The minimum Gasteiger partial charge on any atom is -0.495 e. The molecule has 0 saturated carbocycles. The molecule has 1 atom stereocenters. The predicted octanol–water partition coefficient (Wildman–Crippen LogP) is 3.29. The Balaban J connectivity index is 2.39. The van der Waals surface area contributed by atoms with Gasteiger partial charge in [-0.15, -0.1) is 0 Å². The average Bonchev–Trinajstić information content (AvgIpc) is 2.60. The van der Waals surface area contributed by atoms with Gasteiger partial charge in [-0.1, -0.05) is 0 Å². The normalized spacial score (nSPS) is 18.0. The molecule has 0 radical (unpaired) electrons. The number of carbonyl (C=O) groups excluding carboxylic acids is 2. The molecule has 2 amide bonds. The lowest BCUT2D eigenvalue weighted by atomic mass is 9.98. The van der Waals surface area contributed by atoms with Gasteiger partial charge in [0.25, 0.3) is 0 Å². The summed E-state index contributed by atoms with van der Waals surface area (Å²) in [5.74, 6) is -0.342. The van der Waals surface area contributed by atoms with E-state index >= 15 is 0 Å². The van der Waals surface area contributed by atoms with Gasteiger partial charge in [0.15, 0.2) is 0 Å². The Hall–Kier alpha value is -1.56. The lowest BCUT2D eigenvalue weighted by Gasteiger charge is -2.27. The molecule has 2 rings (SSSR count). The number of fused-ring (bicyclic) bond motifs is 1. The summed E-state index contributed by atoms with van der Waals surface area (Å²) < 4.78 is 6.21. The highest BCUT2D eigenvalue weighted by Gasteiger charge is 2.36. The summed E-state index contributed by atoms with van der Waals surface area (Å²) in [6.07, 6.45) is 1.17. The van der Waals surface area contributed by atoms with Gasteiger partial charge in [-0.25, -0.2) is 0 Å². The summed E-state index contributed by atoms with van der Waals surface area (Å²) in [5, 5.41) is 2.93. The number of hydrogen-bond acceptors (Lipinski definition) is 3. The number of aryl methyl sites for hydroxylation is 1. The van der Waals surface area contributed by atoms with E-state index in [-0.39, 0.29) is 17.4 Å². The fourth-order valence-electron chi connectivity index (χ4n) is 2.95. The van der Waals surface area contributed by atoms with Crippen LogP contribution < -0.4 is 15.0 Å². The number of hydrogen-bond donors (Lipinski definition) is 1. The number of nitrogens with zero attached hydrogens (tertiary/aromatic N) is 1. The first-order valence-corrected chi connectivity index (χ1v) is 8.97. The number of amides is 2. The van der Waals surface area contributed by atoms with E-state index in [2.05, 4.69) is 21.2 Å². The van der Waals surface area contributed by atoms with Gasteiger partial charge < -0.3 is 15.0 Å². The number of carbonyl (C=O) groups is 2. The average molecular weight is 397 g/mol. The number of anilines is 1. The fraction of sp³-hybridized carbons (Fsp3) is 0.556. The van der Waals surface area contributed by atoms with Gasteiger partial charge >= 0.3 is 0 Å². The Labute approximate surface area is 151 Å². The van der Waals surface area contributed by atoms with Crippen LogP contribution in [0.5, 0.6) is 5.75 Å². The number of benzene rings is 1. The van der Waals surface area contributed by atoms with Gasteiger partial charge in [0.05, 0.1) is 17.3 Å². The van der Waals surface area contributed by atoms with E-state index < -0.39 is 5.92 Å². The lowest BCUT2D eigenvalue weighted by Crippen LogP contribution is -2.48. The van der Waals surface area contributed by atoms with E-state index in [1.807, 2.05) is 39.8 Å². The first-order valence-electron chi connectivity index (χ1n) is 8.17. The van der Waals surface area contributed by atoms with Gasteiger partial charge in [-0.2, -0.15) is 0 Å². The first kappa shape index (κ1) is 18.8. The zero-order chi connectivity index (χ0) is 18.1. The summed E-state index contributed by atoms with van der Waals surface area (Å²) in [6, 6.07) is 3.85. The van der Waals surface area contributed by atoms with Crippen molar-refractivity contribution in [2.45, 2.75) is 46.1 Å². The number of ether oxygens (including phenoxy) is 1. The molecule has 6 heteroatoms. The van der Waals surface area contributed by atoms with E-state index in [1.165, 1.54) is 0 Å². The molecule has 0 bridgehead atoms. The second-order valence-electron chi connectivity index (χ2n) is 7.03. The molecule has 1 heterocycles. The first-order chi connectivity index (χ1) is 11.2. The Morgan fingerprint density at radius 2 is 2.08 bits per heavy atom. The summed E-state index contributed by atoms with van der Waals surface area (Å²) in [5.41, 5.74) is 1.51. The zero-order valence-electron chi connectivity index (χ0n) is 14.9. The smallest absolute Gasteiger partial charge is 0.239 e. The highest BCUT2D eigenvalue weighted by Crippen LogP contribution is 2.37. The molecule has 0 spiro atoms. The Kier molecular flexibility index (Phi) is 5.58. The molecule has 5 nitrogen and oxygen atoms in total. The predicted molar refractivity (Wildman–Crippen MR) is 98.4 cm³/mol. The van der Waals surface area contributed by atoms with E-state index in [1.54, 1.807) is 12.0 Å². The van der Waals surface area contributed by atoms with Crippen molar-refractivity contribution in [1.29, 1.82) is 0 Å². The van der Waals surface area contributed by atoms with Crippen LogP contribution in [-0.4, -0.2) is 31.0 Å². The van der Waals surface area contributed by atoms with Crippen LogP contribution in [0.15, 0.2) is 16.6 Å². The van der Waals surface area contributed by atoms with Crippen LogP contribution in [0.2, 0.25) is 0 Å². The quantitative estimate of drug-likeness (QED) is 0.797. The molecule has 0 saturated heterocycles. The van der Waals surface area contributed by atoms with Crippen LogP contribution in [-0.2, 0) is 16.0 Å². The van der Waals surface area contributed by atoms with Crippen molar-refractivity contribution in [3.8, 4) is 5.75 Å². The third-order valence-corrected chi connectivity index (χ3v) is 4.66. The maximum absolute atomic E-state index is 13.0. The minimum absolute atomic E-state index is 0.151. The van der Waals surface area contributed by atoms with Crippen molar-refractivity contribution in [2.24, 2.45) is 5.92 Å². The molecule has 1 N–H and O–H groups in total. The third kappa shape index (κ3) is 3.91. The van der Waals surface area contributed by atoms with Gasteiger partial charge in [-0.05, 0) is 68.1 Å². The Morgan fingerprint density at radius 1 is 1.42 bits per heavy atom.